The molecule has 1 saturated heterocycles. The van der Waals surface area contributed by atoms with Crippen LogP contribution >= 0.6 is 0 Å². The molecule has 0 radical (unpaired) electrons. The van der Waals surface area contributed by atoms with E-state index >= 15 is 0 Å². The number of benzene rings is 1. The molecule has 1 aromatic carbocycles. The second-order valence-electron chi connectivity index (χ2n) is 6.01. The maximum Gasteiger partial charge on any atom is 0.573 e. The van der Waals surface area contributed by atoms with Gasteiger partial charge >= 0.3 is 6.36 Å². The second kappa shape index (κ2) is 6.39. The lowest BCUT2D eigenvalue weighted by Crippen LogP contribution is -2.30. The Morgan fingerprint density at radius 3 is 2.74 bits per heavy atom. The van der Waals surface area contributed by atoms with Crippen molar-refractivity contribution in [3.63, 3.8) is 0 Å². The molecule has 1 atom stereocenters. The monoisotopic (exact) mass is 329 g/mol. The Kier molecular flexibility index (Phi) is 4.48. The highest BCUT2D eigenvalue weighted by atomic mass is 19.4. The second-order valence-corrected chi connectivity index (χ2v) is 6.01. The maximum absolute atomic E-state index is 12.4. The first-order valence-corrected chi connectivity index (χ1v) is 7.67. The molecule has 0 bridgehead atoms. The first-order valence-electron chi connectivity index (χ1n) is 7.67. The minimum atomic E-state index is -4.77. The van der Waals surface area contributed by atoms with E-state index in [1.807, 2.05) is 0 Å². The summed E-state index contributed by atoms with van der Waals surface area (Å²) in [5.74, 6) is -0.0184. The predicted molar refractivity (Wildman–Crippen MR) is 76.1 cm³/mol. The van der Waals surface area contributed by atoms with E-state index in [4.69, 9.17) is 4.74 Å². The summed E-state index contributed by atoms with van der Waals surface area (Å²) in [5.41, 5.74) is 0.189. The van der Waals surface area contributed by atoms with Crippen molar-refractivity contribution in [1.29, 1.82) is 0 Å². The molecular formula is C16H18F3NO3. The van der Waals surface area contributed by atoms with E-state index in [2.05, 4.69) is 4.74 Å². The number of amides is 1. The van der Waals surface area contributed by atoms with E-state index in [1.54, 1.807) is 4.90 Å². The van der Waals surface area contributed by atoms with E-state index in [1.165, 1.54) is 31.0 Å². The summed E-state index contributed by atoms with van der Waals surface area (Å²) in [6.45, 7) is 1.77. The number of carbonyl (C=O) groups is 1. The number of halogens is 3. The van der Waals surface area contributed by atoms with E-state index in [0.717, 1.165) is 19.1 Å². The zero-order chi connectivity index (χ0) is 16.4. The summed E-state index contributed by atoms with van der Waals surface area (Å²) in [7, 11) is 0. The van der Waals surface area contributed by atoms with Crippen LogP contribution in [0.2, 0.25) is 0 Å². The summed E-state index contributed by atoms with van der Waals surface area (Å²) < 4.78 is 46.4. The van der Waals surface area contributed by atoms with Gasteiger partial charge in [0, 0.05) is 25.3 Å². The van der Waals surface area contributed by atoms with Crippen molar-refractivity contribution >= 4 is 5.91 Å². The fraction of sp³-hybridized carbons (Fsp3) is 0.562. The smallest absolute Gasteiger partial charge is 0.406 e. The molecule has 0 unspecified atom stereocenters. The molecule has 0 N–H and O–H groups in total. The Morgan fingerprint density at radius 2 is 2.04 bits per heavy atom. The van der Waals surface area contributed by atoms with Gasteiger partial charge in [0.15, 0.2) is 0 Å². The molecule has 3 rings (SSSR count). The van der Waals surface area contributed by atoms with Gasteiger partial charge in [0.05, 0.1) is 6.10 Å². The number of rotatable bonds is 5. The van der Waals surface area contributed by atoms with E-state index in [0.29, 0.717) is 19.0 Å². The molecule has 1 aromatic rings. The Balaban J connectivity index is 1.58. The molecule has 126 valence electrons. The van der Waals surface area contributed by atoms with Crippen LogP contribution in [0.3, 0.4) is 0 Å². The van der Waals surface area contributed by atoms with Gasteiger partial charge in [0.2, 0.25) is 0 Å². The van der Waals surface area contributed by atoms with Crippen molar-refractivity contribution in [2.75, 3.05) is 19.7 Å². The fourth-order valence-corrected chi connectivity index (χ4v) is 2.61. The Bertz CT molecular complexity index is 572. The maximum atomic E-state index is 12.4. The van der Waals surface area contributed by atoms with Crippen LogP contribution in [0.25, 0.3) is 0 Å². The molecule has 7 heteroatoms. The third-order valence-electron chi connectivity index (χ3n) is 4.01. The van der Waals surface area contributed by atoms with E-state index in [-0.39, 0.29) is 23.3 Å². The fourth-order valence-electron chi connectivity index (χ4n) is 2.61. The molecule has 1 aliphatic heterocycles. The van der Waals surface area contributed by atoms with Crippen molar-refractivity contribution in [2.24, 2.45) is 5.92 Å². The van der Waals surface area contributed by atoms with Crippen LogP contribution in [0, 0.1) is 5.92 Å². The number of hydrogen-bond acceptors (Lipinski definition) is 3. The van der Waals surface area contributed by atoms with Crippen LogP contribution in [0.15, 0.2) is 24.3 Å². The third kappa shape index (κ3) is 4.60. The van der Waals surface area contributed by atoms with Crippen LogP contribution < -0.4 is 4.74 Å². The first kappa shape index (κ1) is 16.1. The van der Waals surface area contributed by atoms with Gasteiger partial charge in [-0.05, 0) is 43.4 Å². The van der Waals surface area contributed by atoms with Crippen molar-refractivity contribution in [1.82, 2.24) is 4.90 Å². The predicted octanol–water partition coefficient (Wildman–Crippen LogP) is 3.23. The molecule has 4 nitrogen and oxygen atoms in total. The lowest BCUT2D eigenvalue weighted by molar-refractivity contribution is -0.274. The highest BCUT2D eigenvalue weighted by molar-refractivity contribution is 5.94. The Hall–Kier alpha value is -1.76. The SMILES string of the molecule is O=C(c1cccc(OC(F)(F)F)c1)N1CC[C@@H](OCC2CC2)C1. The molecule has 1 heterocycles. The van der Waals surface area contributed by atoms with Gasteiger partial charge < -0.3 is 14.4 Å². The minimum absolute atomic E-state index is 0.0224. The van der Waals surface area contributed by atoms with Crippen LogP contribution in [0.5, 0.6) is 5.75 Å². The molecule has 1 saturated carbocycles. The molecule has 2 fully saturated rings. The van der Waals surface area contributed by atoms with Crippen LogP contribution in [-0.2, 0) is 4.74 Å². The van der Waals surface area contributed by atoms with Crippen LogP contribution in [-0.4, -0.2) is 43.0 Å². The summed E-state index contributed by atoms with van der Waals surface area (Å²) in [6, 6.07) is 5.17. The highest BCUT2D eigenvalue weighted by Crippen LogP contribution is 2.30. The summed E-state index contributed by atoms with van der Waals surface area (Å²) in [5, 5.41) is 0. The van der Waals surface area contributed by atoms with Crippen molar-refractivity contribution in [3.8, 4) is 5.75 Å². The van der Waals surface area contributed by atoms with Gasteiger partial charge in [0.1, 0.15) is 5.75 Å². The molecule has 1 amide bonds. The van der Waals surface area contributed by atoms with Crippen LogP contribution in [0.4, 0.5) is 13.2 Å². The van der Waals surface area contributed by atoms with Gasteiger partial charge in [0.25, 0.3) is 5.91 Å². The summed E-state index contributed by atoms with van der Waals surface area (Å²) in [6.07, 6.45) is -1.56. The Morgan fingerprint density at radius 1 is 1.26 bits per heavy atom. The lowest BCUT2D eigenvalue weighted by atomic mass is 10.2. The summed E-state index contributed by atoms with van der Waals surface area (Å²) in [4.78, 5) is 14.0. The average molecular weight is 329 g/mol. The van der Waals surface area contributed by atoms with Crippen molar-refractivity contribution in [2.45, 2.75) is 31.7 Å². The molecule has 23 heavy (non-hydrogen) atoms. The highest BCUT2D eigenvalue weighted by Gasteiger charge is 2.32. The normalized spacial score (nSPS) is 21.5. The van der Waals surface area contributed by atoms with Gasteiger partial charge in [-0.1, -0.05) is 6.07 Å². The molecule has 0 spiro atoms. The number of nitrogens with zero attached hydrogens (tertiary/aromatic N) is 1. The van der Waals surface area contributed by atoms with Gasteiger partial charge in [-0.15, -0.1) is 13.2 Å². The van der Waals surface area contributed by atoms with Gasteiger partial charge in [-0.25, -0.2) is 0 Å². The topological polar surface area (TPSA) is 38.8 Å². The molecule has 0 aromatic heterocycles. The number of hydrogen-bond donors (Lipinski definition) is 0. The summed E-state index contributed by atoms with van der Waals surface area (Å²) >= 11 is 0. The minimum Gasteiger partial charge on any atom is -0.406 e. The molecular weight excluding hydrogens is 311 g/mol. The third-order valence-corrected chi connectivity index (χ3v) is 4.01. The van der Waals surface area contributed by atoms with Gasteiger partial charge in [-0.3, -0.25) is 4.79 Å². The first-order chi connectivity index (χ1) is 10.9. The number of likely N-dealkylation sites (tertiary alicyclic amines) is 1. The van der Waals surface area contributed by atoms with Gasteiger partial charge in [-0.2, -0.15) is 0 Å². The quantitative estimate of drug-likeness (QED) is 0.832. The van der Waals surface area contributed by atoms with Crippen molar-refractivity contribution < 1.29 is 27.4 Å². The molecule has 2 aliphatic rings. The number of carbonyl (C=O) groups excluding carboxylic acids is 1. The number of alkyl halides is 3. The average Bonchev–Trinajstić information content (AvgIpc) is 3.19. The number of ether oxygens (including phenoxy) is 2. The van der Waals surface area contributed by atoms with Crippen LogP contribution in [0.1, 0.15) is 29.6 Å². The molecule has 1 aliphatic carbocycles. The Labute approximate surface area is 132 Å². The standard InChI is InChI=1S/C16H18F3NO3/c17-16(18,19)23-13-3-1-2-12(8-13)15(21)20-7-6-14(9-20)22-10-11-4-5-11/h1-3,8,11,14H,4-7,9-10H2/t14-/m1/s1. The lowest BCUT2D eigenvalue weighted by Gasteiger charge is -2.17. The van der Waals surface area contributed by atoms with E-state index in [9.17, 15) is 18.0 Å². The largest absolute Gasteiger partial charge is 0.573 e. The van der Waals surface area contributed by atoms with E-state index < -0.39 is 6.36 Å². The van der Waals surface area contributed by atoms with Crippen molar-refractivity contribution in [3.05, 3.63) is 29.8 Å². The zero-order valence-corrected chi connectivity index (χ0v) is 12.5. The zero-order valence-electron chi connectivity index (χ0n) is 12.5.